The maximum absolute atomic E-state index is 12.3. The zero-order valence-electron chi connectivity index (χ0n) is 15.1. The molecule has 8 nitrogen and oxygen atoms in total. The van der Waals surface area contributed by atoms with Crippen LogP contribution in [0.2, 0.25) is 0 Å². The Morgan fingerprint density at radius 2 is 1.84 bits per heavy atom. The van der Waals surface area contributed by atoms with Crippen molar-refractivity contribution in [3.8, 4) is 0 Å². The summed E-state index contributed by atoms with van der Waals surface area (Å²) in [5.74, 6) is 0.00877. The highest BCUT2D eigenvalue weighted by atomic mass is 16.2. The van der Waals surface area contributed by atoms with Crippen LogP contribution in [0.25, 0.3) is 0 Å². The summed E-state index contributed by atoms with van der Waals surface area (Å²) in [6.07, 6.45) is 0. The molecule has 1 aliphatic rings. The van der Waals surface area contributed by atoms with Crippen LogP contribution in [-0.4, -0.2) is 66.0 Å². The van der Waals surface area contributed by atoms with Crippen molar-refractivity contribution >= 4 is 11.9 Å². The lowest BCUT2D eigenvalue weighted by Crippen LogP contribution is -2.53. The number of aromatic nitrogens is 1. The predicted molar refractivity (Wildman–Crippen MR) is 95.5 cm³/mol. The number of H-pyrrole nitrogens is 1. The van der Waals surface area contributed by atoms with Crippen molar-refractivity contribution < 1.29 is 9.59 Å². The zero-order chi connectivity index (χ0) is 18.4. The third kappa shape index (κ3) is 5.32. The van der Waals surface area contributed by atoms with Crippen LogP contribution in [0.5, 0.6) is 0 Å². The summed E-state index contributed by atoms with van der Waals surface area (Å²) in [5.41, 5.74) is 2.09. The Hall–Kier alpha value is -2.35. The molecule has 1 aliphatic heterocycles. The topological polar surface area (TPSA) is 97.5 Å². The van der Waals surface area contributed by atoms with Crippen molar-refractivity contribution in [1.82, 2.24) is 25.4 Å². The molecule has 0 unspecified atom stereocenters. The predicted octanol–water partition coefficient (Wildman–Crippen LogP) is -0.0450. The van der Waals surface area contributed by atoms with E-state index in [4.69, 9.17) is 0 Å². The van der Waals surface area contributed by atoms with Gasteiger partial charge in [-0.3, -0.25) is 14.5 Å². The van der Waals surface area contributed by atoms with Crippen molar-refractivity contribution in [2.75, 3.05) is 39.3 Å². The van der Waals surface area contributed by atoms with E-state index >= 15 is 0 Å². The van der Waals surface area contributed by atoms with Crippen molar-refractivity contribution in [3.63, 3.8) is 0 Å². The first-order valence-electron chi connectivity index (χ1n) is 8.62. The Balaban J connectivity index is 1.81. The molecule has 3 N–H and O–H groups in total. The molecule has 0 atom stereocenters. The first-order valence-corrected chi connectivity index (χ1v) is 8.62. The van der Waals surface area contributed by atoms with Gasteiger partial charge in [0.1, 0.15) is 0 Å². The molecule has 0 bridgehead atoms. The van der Waals surface area contributed by atoms with E-state index in [9.17, 15) is 14.4 Å². The number of carbonyl (C=O) groups is 2. The first kappa shape index (κ1) is 19.0. The van der Waals surface area contributed by atoms with Crippen LogP contribution >= 0.6 is 0 Å². The van der Waals surface area contributed by atoms with E-state index in [2.05, 4.69) is 15.6 Å². The lowest BCUT2D eigenvalue weighted by molar-refractivity contribution is -0.122. The van der Waals surface area contributed by atoms with Crippen molar-refractivity contribution in [3.05, 3.63) is 33.2 Å². The van der Waals surface area contributed by atoms with Crippen molar-refractivity contribution in [1.29, 1.82) is 0 Å². The fourth-order valence-corrected chi connectivity index (χ4v) is 2.94. The molecular weight excluding hydrogens is 322 g/mol. The summed E-state index contributed by atoms with van der Waals surface area (Å²) in [5, 5.41) is 5.59. The molecule has 1 saturated heterocycles. The van der Waals surface area contributed by atoms with Gasteiger partial charge in [0.25, 0.3) is 5.56 Å². The molecule has 0 aromatic carbocycles. The van der Waals surface area contributed by atoms with Gasteiger partial charge in [-0.25, -0.2) is 4.79 Å². The summed E-state index contributed by atoms with van der Waals surface area (Å²) < 4.78 is 0. The molecule has 1 aromatic heterocycles. The number of rotatable bonds is 5. The minimum absolute atomic E-state index is 0.00877. The number of nitrogens with zero attached hydrogens (tertiary/aromatic N) is 2. The number of aryl methyl sites for hydroxylation is 2. The second kappa shape index (κ2) is 8.66. The minimum atomic E-state index is -0.183. The fourth-order valence-electron chi connectivity index (χ4n) is 2.94. The van der Waals surface area contributed by atoms with Gasteiger partial charge in [0, 0.05) is 44.0 Å². The van der Waals surface area contributed by atoms with Gasteiger partial charge in [0.2, 0.25) is 5.91 Å². The van der Waals surface area contributed by atoms with E-state index in [0.29, 0.717) is 44.8 Å². The summed E-state index contributed by atoms with van der Waals surface area (Å²) in [7, 11) is 0. The Bertz CT molecular complexity index is 677. The second-order valence-corrected chi connectivity index (χ2v) is 6.32. The third-order valence-corrected chi connectivity index (χ3v) is 4.31. The molecular formula is C17H27N5O3. The Morgan fingerprint density at radius 1 is 1.16 bits per heavy atom. The maximum atomic E-state index is 12.3. The fraction of sp³-hybridized carbons (Fsp3) is 0.588. The number of pyridine rings is 1. The number of piperazine rings is 1. The normalized spacial score (nSPS) is 15.1. The van der Waals surface area contributed by atoms with Gasteiger partial charge in [-0.1, -0.05) is 0 Å². The molecule has 0 spiro atoms. The van der Waals surface area contributed by atoms with Gasteiger partial charge < -0.3 is 20.5 Å². The van der Waals surface area contributed by atoms with Gasteiger partial charge in [0.15, 0.2) is 0 Å². The van der Waals surface area contributed by atoms with E-state index in [1.54, 1.807) is 4.90 Å². The number of hydrogen-bond donors (Lipinski definition) is 3. The van der Waals surface area contributed by atoms with Crippen LogP contribution in [0.1, 0.15) is 23.7 Å². The Labute approximate surface area is 147 Å². The van der Waals surface area contributed by atoms with Crippen LogP contribution < -0.4 is 16.2 Å². The quantitative estimate of drug-likeness (QED) is 0.694. The number of aromatic amines is 1. The summed E-state index contributed by atoms with van der Waals surface area (Å²) in [6, 6.07) is 1.71. The second-order valence-electron chi connectivity index (χ2n) is 6.32. The van der Waals surface area contributed by atoms with Crippen LogP contribution in [-0.2, 0) is 11.3 Å². The van der Waals surface area contributed by atoms with Gasteiger partial charge in [0.05, 0.1) is 13.1 Å². The lowest BCUT2D eigenvalue weighted by Gasteiger charge is -2.34. The lowest BCUT2D eigenvalue weighted by atomic mass is 10.1. The molecule has 2 rings (SSSR count). The molecule has 138 valence electrons. The molecule has 2 heterocycles. The molecule has 25 heavy (non-hydrogen) atoms. The third-order valence-electron chi connectivity index (χ3n) is 4.31. The van der Waals surface area contributed by atoms with Crippen LogP contribution in [0.15, 0.2) is 10.9 Å². The van der Waals surface area contributed by atoms with E-state index < -0.39 is 0 Å². The van der Waals surface area contributed by atoms with E-state index in [1.165, 1.54) is 0 Å². The molecule has 8 heteroatoms. The molecule has 0 radical (unpaired) electrons. The smallest absolute Gasteiger partial charge is 0.317 e. The highest BCUT2D eigenvalue weighted by Gasteiger charge is 2.22. The van der Waals surface area contributed by atoms with Gasteiger partial charge in [-0.2, -0.15) is 0 Å². The Morgan fingerprint density at radius 3 is 2.44 bits per heavy atom. The number of likely N-dealkylation sites (N-methyl/N-ethyl adjacent to an activating group) is 1. The molecule has 1 fully saturated rings. The van der Waals surface area contributed by atoms with E-state index in [0.717, 1.165) is 11.3 Å². The van der Waals surface area contributed by atoms with E-state index in [-0.39, 0.29) is 24.0 Å². The average molecular weight is 349 g/mol. The van der Waals surface area contributed by atoms with Gasteiger partial charge in [-0.05, 0) is 32.4 Å². The average Bonchev–Trinajstić information content (AvgIpc) is 2.54. The van der Waals surface area contributed by atoms with Crippen LogP contribution in [0.4, 0.5) is 4.79 Å². The molecule has 0 saturated carbocycles. The molecule has 1 aromatic rings. The Kier molecular flexibility index (Phi) is 6.58. The van der Waals surface area contributed by atoms with Crippen molar-refractivity contribution in [2.24, 2.45) is 0 Å². The summed E-state index contributed by atoms with van der Waals surface area (Å²) in [4.78, 5) is 42.4. The van der Waals surface area contributed by atoms with Gasteiger partial charge >= 0.3 is 6.03 Å². The number of urea groups is 1. The maximum Gasteiger partial charge on any atom is 0.317 e. The molecule has 0 aliphatic carbocycles. The minimum Gasteiger partial charge on any atom is -0.355 e. The number of amides is 3. The van der Waals surface area contributed by atoms with Crippen LogP contribution in [0.3, 0.4) is 0 Å². The number of hydrogen-bond acceptors (Lipinski definition) is 4. The largest absolute Gasteiger partial charge is 0.355 e. The number of carbonyl (C=O) groups excluding carboxylic acids is 2. The molecule has 3 amide bonds. The first-order chi connectivity index (χ1) is 11.9. The number of nitrogens with one attached hydrogen (secondary N) is 3. The van der Waals surface area contributed by atoms with E-state index in [1.807, 2.05) is 31.7 Å². The monoisotopic (exact) mass is 349 g/mol. The standard InChI is InChI=1S/C17H27N5O3/c1-4-18-15(23)11-21-5-7-22(8-6-21)17(25)19-10-14-12(2)9-13(3)20-16(14)24/h9H,4-8,10-11H2,1-3H3,(H,18,23)(H,19,25)(H,20,24). The highest BCUT2D eigenvalue weighted by Crippen LogP contribution is 2.05. The van der Waals surface area contributed by atoms with Crippen LogP contribution in [0, 0.1) is 13.8 Å². The SMILES string of the molecule is CCNC(=O)CN1CCN(C(=O)NCc2c(C)cc(C)[nH]c2=O)CC1. The zero-order valence-corrected chi connectivity index (χ0v) is 15.1. The summed E-state index contributed by atoms with van der Waals surface area (Å²) >= 11 is 0. The highest BCUT2D eigenvalue weighted by molar-refractivity contribution is 5.78. The van der Waals surface area contributed by atoms with Gasteiger partial charge in [-0.15, -0.1) is 0 Å². The van der Waals surface area contributed by atoms with Crippen molar-refractivity contribution in [2.45, 2.75) is 27.3 Å². The summed E-state index contributed by atoms with van der Waals surface area (Å²) in [6.45, 7) is 9.23.